The summed E-state index contributed by atoms with van der Waals surface area (Å²) >= 11 is 0. The molecule has 0 amide bonds. The fourth-order valence-electron chi connectivity index (χ4n) is 3.21. The Morgan fingerprint density at radius 1 is 1.04 bits per heavy atom. The van der Waals surface area contributed by atoms with E-state index in [0.717, 1.165) is 39.3 Å². The number of furan rings is 1. The molecule has 0 saturated carbocycles. The maximum absolute atomic E-state index is 13.3. The Kier molecular flexibility index (Phi) is 4.81. The summed E-state index contributed by atoms with van der Waals surface area (Å²) < 4.78 is 19.3. The summed E-state index contributed by atoms with van der Waals surface area (Å²) in [5.74, 6) is 0.442. The van der Waals surface area contributed by atoms with Crippen molar-refractivity contribution in [3.8, 4) is 11.3 Å². The SMILES string of the molecule is C/C=C(\C(=NC)c1ccc(F)cc1)c1ncnc2oc(-c3ccccc3)cc12. The van der Waals surface area contributed by atoms with E-state index < -0.39 is 0 Å². The first-order valence-electron chi connectivity index (χ1n) is 8.91. The van der Waals surface area contributed by atoms with Crippen molar-refractivity contribution in [1.82, 2.24) is 9.97 Å². The molecule has 0 unspecified atom stereocenters. The van der Waals surface area contributed by atoms with Gasteiger partial charge in [0.25, 0.3) is 0 Å². The second kappa shape index (κ2) is 7.56. The largest absolute Gasteiger partial charge is 0.438 e. The van der Waals surface area contributed by atoms with Crippen LogP contribution in [0.3, 0.4) is 0 Å². The zero-order valence-corrected chi connectivity index (χ0v) is 15.6. The normalized spacial score (nSPS) is 12.5. The monoisotopic (exact) mass is 371 g/mol. The molecule has 0 spiro atoms. The second-order valence-corrected chi connectivity index (χ2v) is 6.20. The van der Waals surface area contributed by atoms with Gasteiger partial charge in [0.2, 0.25) is 5.71 Å². The highest BCUT2D eigenvalue weighted by molar-refractivity contribution is 6.32. The van der Waals surface area contributed by atoms with Crippen LogP contribution in [0.25, 0.3) is 28.0 Å². The van der Waals surface area contributed by atoms with Crippen molar-refractivity contribution in [2.45, 2.75) is 6.92 Å². The van der Waals surface area contributed by atoms with E-state index in [0.29, 0.717) is 5.71 Å². The fraction of sp³-hybridized carbons (Fsp3) is 0.0870. The van der Waals surface area contributed by atoms with E-state index in [1.807, 2.05) is 49.4 Å². The van der Waals surface area contributed by atoms with Crippen LogP contribution in [0.15, 0.2) is 82.5 Å². The highest BCUT2D eigenvalue weighted by Crippen LogP contribution is 2.31. The van der Waals surface area contributed by atoms with Gasteiger partial charge in [-0.1, -0.05) is 36.4 Å². The Hall–Kier alpha value is -3.60. The van der Waals surface area contributed by atoms with Gasteiger partial charge >= 0.3 is 0 Å². The lowest BCUT2D eigenvalue weighted by molar-refractivity contribution is 0.617. The molecular weight excluding hydrogens is 353 g/mol. The average molecular weight is 371 g/mol. The maximum atomic E-state index is 13.3. The number of benzene rings is 2. The van der Waals surface area contributed by atoms with Crippen molar-refractivity contribution >= 4 is 22.4 Å². The topological polar surface area (TPSA) is 51.3 Å². The van der Waals surface area contributed by atoms with E-state index in [1.54, 1.807) is 19.2 Å². The van der Waals surface area contributed by atoms with Crippen molar-refractivity contribution in [1.29, 1.82) is 0 Å². The van der Waals surface area contributed by atoms with Gasteiger partial charge in [-0.05, 0) is 37.3 Å². The van der Waals surface area contributed by atoms with Gasteiger partial charge < -0.3 is 4.42 Å². The minimum absolute atomic E-state index is 0.284. The van der Waals surface area contributed by atoms with Crippen molar-refractivity contribution < 1.29 is 8.81 Å². The molecule has 0 N–H and O–H groups in total. The summed E-state index contributed by atoms with van der Waals surface area (Å²) in [6.45, 7) is 1.93. The fourth-order valence-corrected chi connectivity index (χ4v) is 3.21. The van der Waals surface area contributed by atoms with Gasteiger partial charge in [-0.25, -0.2) is 14.4 Å². The third-order valence-electron chi connectivity index (χ3n) is 4.53. The van der Waals surface area contributed by atoms with Crippen molar-refractivity contribution in [3.05, 3.63) is 90.1 Å². The van der Waals surface area contributed by atoms with Crippen LogP contribution < -0.4 is 0 Å². The van der Waals surface area contributed by atoms with Gasteiger partial charge in [0.05, 0.1) is 16.8 Å². The number of hydrogen-bond donors (Lipinski definition) is 0. The summed E-state index contributed by atoms with van der Waals surface area (Å²) in [6, 6.07) is 18.1. The Labute approximate surface area is 162 Å². The van der Waals surface area contributed by atoms with Crippen molar-refractivity contribution in [3.63, 3.8) is 0 Å². The van der Waals surface area contributed by atoms with Gasteiger partial charge in [-0.3, -0.25) is 4.99 Å². The summed E-state index contributed by atoms with van der Waals surface area (Å²) in [4.78, 5) is 13.2. The number of allylic oxidation sites excluding steroid dienone is 2. The summed E-state index contributed by atoms with van der Waals surface area (Å²) in [6.07, 6.45) is 3.43. The molecule has 0 atom stereocenters. The molecule has 28 heavy (non-hydrogen) atoms. The lowest BCUT2D eigenvalue weighted by Gasteiger charge is -2.11. The van der Waals surface area contributed by atoms with Gasteiger partial charge in [-0.15, -0.1) is 0 Å². The number of nitrogens with zero attached hydrogens (tertiary/aromatic N) is 3. The van der Waals surface area contributed by atoms with Crippen molar-refractivity contribution in [2.24, 2.45) is 4.99 Å². The van der Waals surface area contributed by atoms with E-state index >= 15 is 0 Å². The third-order valence-corrected chi connectivity index (χ3v) is 4.53. The van der Waals surface area contributed by atoms with Crippen LogP contribution in [0.4, 0.5) is 4.39 Å². The Bertz CT molecular complexity index is 1180. The molecular formula is C23H18FN3O. The molecule has 0 radical (unpaired) electrons. The first-order valence-corrected chi connectivity index (χ1v) is 8.91. The molecule has 4 nitrogen and oxygen atoms in total. The minimum atomic E-state index is -0.284. The highest BCUT2D eigenvalue weighted by atomic mass is 19.1. The quantitative estimate of drug-likeness (QED) is 0.442. The van der Waals surface area contributed by atoms with Gasteiger partial charge in [0.1, 0.15) is 17.9 Å². The van der Waals surface area contributed by atoms with Gasteiger partial charge in [0.15, 0.2) is 0 Å². The van der Waals surface area contributed by atoms with Crippen molar-refractivity contribution in [2.75, 3.05) is 7.05 Å². The van der Waals surface area contributed by atoms with Gasteiger partial charge in [-0.2, -0.15) is 0 Å². The smallest absolute Gasteiger partial charge is 0.230 e. The Balaban J connectivity index is 1.84. The minimum Gasteiger partial charge on any atom is -0.438 e. The Morgan fingerprint density at radius 3 is 2.46 bits per heavy atom. The number of rotatable bonds is 4. The summed E-state index contributed by atoms with van der Waals surface area (Å²) in [5, 5.41) is 0.803. The predicted molar refractivity (Wildman–Crippen MR) is 110 cm³/mol. The molecule has 0 aliphatic carbocycles. The zero-order valence-electron chi connectivity index (χ0n) is 15.6. The molecule has 0 saturated heterocycles. The second-order valence-electron chi connectivity index (χ2n) is 6.20. The molecule has 138 valence electrons. The number of aliphatic imine (C=N–C) groups is 1. The van der Waals surface area contributed by atoms with E-state index in [-0.39, 0.29) is 5.82 Å². The van der Waals surface area contributed by atoms with Crippen LogP contribution in [-0.4, -0.2) is 22.7 Å². The Morgan fingerprint density at radius 2 is 1.79 bits per heavy atom. The van der Waals surface area contributed by atoms with Crippen LogP contribution in [-0.2, 0) is 0 Å². The number of aromatic nitrogens is 2. The van der Waals surface area contributed by atoms with Crippen LogP contribution in [0.5, 0.6) is 0 Å². The van der Waals surface area contributed by atoms with Gasteiger partial charge in [0, 0.05) is 23.7 Å². The van der Waals surface area contributed by atoms with E-state index in [9.17, 15) is 4.39 Å². The lowest BCUT2D eigenvalue weighted by Crippen LogP contribution is -2.06. The number of hydrogen-bond acceptors (Lipinski definition) is 4. The molecule has 0 bridgehead atoms. The predicted octanol–water partition coefficient (Wildman–Crippen LogP) is 5.55. The van der Waals surface area contributed by atoms with Crippen LogP contribution in [0, 0.1) is 5.82 Å². The van der Waals surface area contributed by atoms with E-state index in [2.05, 4.69) is 15.0 Å². The molecule has 4 rings (SSSR count). The lowest BCUT2D eigenvalue weighted by atomic mass is 9.97. The van der Waals surface area contributed by atoms with Crippen LogP contribution in [0.2, 0.25) is 0 Å². The third kappa shape index (κ3) is 3.22. The average Bonchev–Trinajstić information content (AvgIpc) is 3.18. The van der Waals surface area contributed by atoms with E-state index in [1.165, 1.54) is 18.5 Å². The highest BCUT2D eigenvalue weighted by Gasteiger charge is 2.18. The molecule has 2 aromatic carbocycles. The molecule has 0 aliphatic rings. The standard InChI is InChI=1S/C23H18FN3O/c1-3-18(21(25-2)16-9-11-17(24)12-10-16)22-19-13-20(15-7-5-4-6-8-15)28-23(19)27-14-26-22/h3-14H,1-2H3/b18-3+,25-21?. The molecule has 0 fully saturated rings. The molecule has 5 heteroatoms. The molecule has 2 heterocycles. The molecule has 4 aromatic rings. The summed E-state index contributed by atoms with van der Waals surface area (Å²) in [7, 11) is 1.71. The molecule has 0 aliphatic heterocycles. The first-order chi connectivity index (χ1) is 13.7. The number of halogens is 1. The summed E-state index contributed by atoms with van der Waals surface area (Å²) in [5.41, 5.74) is 4.58. The van der Waals surface area contributed by atoms with Crippen LogP contribution >= 0.6 is 0 Å². The van der Waals surface area contributed by atoms with E-state index in [4.69, 9.17) is 4.42 Å². The first kappa shape index (κ1) is 17.8. The zero-order chi connectivity index (χ0) is 19.5. The maximum Gasteiger partial charge on any atom is 0.230 e. The number of fused-ring (bicyclic) bond motifs is 1. The van der Waals surface area contributed by atoms with Crippen LogP contribution in [0.1, 0.15) is 18.2 Å². The molecule has 2 aromatic heterocycles.